The van der Waals surface area contributed by atoms with Gasteiger partial charge in [-0.25, -0.2) is 13.1 Å². The van der Waals surface area contributed by atoms with Gasteiger partial charge in [0.15, 0.2) is 15.5 Å². The van der Waals surface area contributed by atoms with Crippen molar-refractivity contribution in [2.75, 3.05) is 12.8 Å². The van der Waals surface area contributed by atoms with Crippen LogP contribution in [0.25, 0.3) is 11.3 Å². The van der Waals surface area contributed by atoms with E-state index in [0.29, 0.717) is 42.1 Å². The minimum Gasteiger partial charge on any atom is -0.330 e. The molecule has 1 aliphatic heterocycles. The molecule has 7 nitrogen and oxygen atoms in total. The van der Waals surface area contributed by atoms with E-state index in [9.17, 15) is 39.6 Å². The molecule has 2 heterocycles. The van der Waals surface area contributed by atoms with Crippen molar-refractivity contribution in [2.45, 2.75) is 42.7 Å². The molecular formula is C29H23ClF6N4O3S. The predicted molar refractivity (Wildman–Crippen MR) is 149 cm³/mol. The van der Waals surface area contributed by atoms with Crippen molar-refractivity contribution in [1.82, 2.24) is 19.9 Å². The van der Waals surface area contributed by atoms with E-state index in [1.165, 1.54) is 29.2 Å². The van der Waals surface area contributed by atoms with E-state index in [4.69, 9.17) is 11.6 Å². The maximum atomic E-state index is 14.0. The maximum Gasteiger partial charge on any atom is 0.416 e. The van der Waals surface area contributed by atoms with Gasteiger partial charge in [-0.3, -0.25) is 4.79 Å². The lowest BCUT2D eigenvalue weighted by molar-refractivity contribution is -0.143. The van der Waals surface area contributed by atoms with Crippen LogP contribution >= 0.6 is 11.6 Å². The lowest BCUT2D eigenvalue weighted by atomic mass is 10.0. The number of aromatic nitrogens is 3. The fraction of sp³-hybridized carbons (Fsp3) is 0.276. The number of hydrogen-bond donors (Lipinski definition) is 0. The Morgan fingerprint density at radius 1 is 0.955 bits per heavy atom. The third-order valence-electron chi connectivity index (χ3n) is 7.25. The van der Waals surface area contributed by atoms with Crippen molar-refractivity contribution in [3.8, 4) is 11.3 Å². The molecule has 15 heteroatoms. The van der Waals surface area contributed by atoms with Gasteiger partial charge in [-0.15, -0.1) is 5.10 Å². The minimum absolute atomic E-state index is 0.00849. The summed E-state index contributed by atoms with van der Waals surface area (Å²) < 4.78 is 106. The molecule has 1 fully saturated rings. The topological polar surface area (TPSA) is 85.2 Å². The number of carbonyl (C=O) groups excluding carboxylic acids is 1. The number of likely N-dealkylation sites (tertiary alicyclic amines) is 1. The van der Waals surface area contributed by atoms with Crippen molar-refractivity contribution in [1.29, 1.82) is 0 Å². The Hall–Kier alpha value is -3.91. The molecule has 0 radical (unpaired) electrons. The molecule has 1 saturated heterocycles. The van der Waals surface area contributed by atoms with Crippen LogP contribution in [0, 0.1) is 0 Å². The second kappa shape index (κ2) is 11.5. The first kappa shape index (κ1) is 31.5. The molecule has 4 aromatic rings. The number of rotatable bonds is 6. The summed E-state index contributed by atoms with van der Waals surface area (Å²) in [6, 6.07) is 13.0. The Morgan fingerprint density at radius 3 is 2.14 bits per heavy atom. The molecule has 0 aliphatic carbocycles. The summed E-state index contributed by atoms with van der Waals surface area (Å²) in [4.78, 5) is 15.5. The highest BCUT2D eigenvalue weighted by Gasteiger charge is 2.38. The molecule has 5 rings (SSSR count). The summed E-state index contributed by atoms with van der Waals surface area (Å²) in [6.07, 6.45) is -7.90. The first-order valence-electron chi connectivity index (χ1n) is 13.1. The normalized spacial score (nSPS) is 16.0. The SMILES string of the molecule is CS(=O)(=O)c1ccc(-c2c(C(=O)N3CCC[C@@H]3c3ccccc3Cl)nnn2Cc2cc(C(F)(F)F)cc(C(F)(F)F)c2)cc1. The zero-order valence-corrected chi connectivity index (χ0v) is 24.4. The number of carbonyl (C=O) groups is 1. The highest BCUT2D eigenvalue weighted by molar-refractivity contribution is 7.90. The molecule has 1 aliphatic rings. The molecule has 0 saturated carbocycles. The van der Waals surface area contributed by atoms with E-state index in [1.54, 1.807) is 24.3 Å². The highest BCUT2D eigenvalue weighted by atomic mass is 35.5. The van der Waals surface area contributed by atoms with Gasteiger partial charge >= 0.3 is 12.4 Å². The lowest BCUT2D eigenvalue weighted by Gasteiger charge is -2.25. The number of alkyl halides is 6. The zero-order valence-electron chi connectivity index (χ0n) is 22.8. The van der Waals surface area contributed by atoms with Crippen molar-refractivity contribution in [2.24, 2.45) is 0 Å². The van der Waals surface area contributed by atoms with Gasteiger partial charge in [-0.1, -0.05) is 47.1 Å². The molecule has 1 aromatic heterocycles. The van der Waals surface area contributed by atoms with Crippen molar-refractivity contribution in [3.05, 3.63) is 99.7 Å². The van der Waals surface area contributed by atoms with E-state index in [-0.39, 0.29) is 33.5 Å². The monoisotopic (exact) mass is 656 g/mol. The second-order valence-corrected chi connectivity index (χ2v) is 12.8. The van der Waals surface area contributed by atoms with Crippen LogP contribution in [0.4, 0.5) is 26.3 Å². The number of benzene rings is 3. The summed E-state index contributed by atoms with van der Waals surface area (Å²) in [7, 11) is -3.60. The summed E-state index contributed by atoms with van der Waals surface area (Å²) in [6.45, 7) is -0.277. The van der Waals surface area contributed by atoms with E-state index in [0.717, 1.165) is 10.9 Å². The van der Waals surface area contributed by atoms with Gasteiger partial charge in [0.05, 0.1) is 28.6 Å². The van der Waals surface area contributed by atoms with Crippen LogP contribution in [0.3, 0.4) is 0 Å². The summed E-state index contributed by atoms with van der Waals surface area (Å²) in [5.41, 5.74) is -2.68. The Bertz CT molecular complexity index is 1790. The summed E-state index contributed by atoms with van der Waals surface area (Å²) in [5.74, 6) is -0.583. The average molecular weight is 657 g/mol. The Labute approximate surface area is 253 Å². The number of hydrogen-bond acceptors (Lipinski definition) is 5. The molecule has 1 atom stereocenters. The predicted octanol–water partition coefficient (Wildman–Crippen LogP) is 7.07. The van der Waals surface area contributed by atoms with Crippen LogP contribution in [0.1, 0.15) is 51.6 Å². The molecule has 0 bridgehead atoms. The summed E-state index contributed by atoms with van der Waals surface area (Å²) in [5, 5.41) is 8.43. The quantitative estimate of drug-likeness (QED) is 0.208. The van der Waals surface area contributed by atoms with Gasteiger partial charge in [0, 0.05) is 23.4 Å². The number of sulfone groups is 1. The third kappa shape index (κ3) is 6.46. The van der Waals surface area contributed by atoms with Crippen molar-refractivity contribution in [3.63, 3.8) is 0 Å². The fourth-order valence-electron chi connectivity index (χ4n) is 5.21. The standard InChI is InChI=1S/C29H23ClF6N4O3S/c1-44(42,43)21-10-8-18(9-11-21)26-25(27(41)39-12-4-7-24(39)22-5-2-3-6-23(22)30)37-38-40(26)16-17-13-19(28(31,32)33)15-20(14-17)29(34,35)36/h2-3,5-6,8-11,13-15,24H,4,7,12,16H2,1H3/t24-/m1/s1. The van der Waals surface area contributed by atoms with Crippen LogP contribution in [0.5, 0.6) is 0 Å². The Morgan fingerprint density at radius 2 is 1.57 bits per heavy atom. The fourth-order valence-corrected chi connectivity index (χ4v) is 6.10. The average Bonchev–Trinajstić information content (AvgIpc) is 3.59. The Balaban J connectivity index is 1.62. The van der Waals surface area contributed by atoms with Crippen LogP contribution in [0.15, 0.2) is 71.6 Å². The number of halogens is 7. The largest absolute Gasteiger partial charge is 0.416 e. The van der Waals surface area contributed by atoms with E-state index < -0.39 is 51.8 Å². The van der Waals surface area contributed by atoms with E-state index in [2.05, 4.69) is 10.3 Å². The zero-order chi connectivity index (χ0) is 32.0. The molecule has 0 N–H and O–H groups in total. The van der Waals surface area contributed by atoms with E-state index in [1.807, 2.05) is 0 Å². The number of amides is 1. The van der Waals surface area contributed by atoms with E-state index >= 15 is 0 Å². The molecule has 3 aromatic carbocycles. The van der Waals surface area contributed by atoms with Gasteiger partial charge < -0.3 is 4.90 Å². The van der Waals surface area contributed by atoms with Crippen molar-refractivity contribution >= 4 is 27.3 Å². The molecular weight excluding hydrogens is 634 g/mol. The first-order chi connectivity index (χ1) is 20.5. The van der Waals surface area contributed by atoms with Crippen LogP contribution in [-0.4, -0.2) is 47.0 Å². The van der Waals surface area contributed by atoms with Crippen LogP contribution < -0.4 is 0 Å². The van der Waals surface area contributed by atoms with Gasteiger partial charge in [0.25, 0.3) is 5.91 Å². The van der Waals surface area contributed by atoms with Gasteiger partial charge in [0.2, 0.25) is 0 Å². The molecule has 232 valence electrons. The Kier molecular flexibility index (Phi) is 8.27. The summed E-state index contributed by atoms with van der Waals surface area (Å²) >= 11 is 6.40. The molecule has 0 spiro atoms. The van der Waals surface area contributed by atoms with Gasteiger partial charge in [-0.05, 0) is 60.4 Å². The number of nitrogens with zero attached hydrogens (tertiary/aromatic N) is 4. The van der Waals surface area contributed by atoms with Gasteiger partial charge in [-0.2, -0.15) is 26.3 Å². The van der Waals surface area contributed by atoms with Crippen molar-refractivity contribution < 1.29 is 39.6 Å². The lowest BCUT2D eigenvalue weighted by Crippen LogP contribution is -2.31. The smallest absolute Gasteiger partial charge is 0.330 e. The minimum atomic E-state index is -5.06. The maximum absolute atomic E-state index is 14.0. The molecule has 44 heavy (non-hydrogen) atoms. The first-order valence-corrected chi connectivity index (χ1v) is 15.4. The van der Waals surface area contributed by atoms with Gasteiger partial charge in [0.1, 0.15) is 5.69 Å². The van der Waals surface area contributed by atoms with Crippen LogP contribution in [-0.2, 0) is 28.7 Å². The second-order valence-electron chi connectivity index (χ2n) is 10.3. The van der Waals surface area contributed by atoms with Crippen LogP contribution in [0.2, 0.25) is 5.02 Å². The highest BCUT2D eigenvalue weighted by Crippen LogP contribution is 2.39. The third-order valence-corrected chi connectivity index (χ3v) is 8.72. The molecule has 1 amide bonds. The molecule has 0 unspecified atom stereocenters.